The zero-order chi connectivity index (χ0) is 57.1. The summed E-state index contributed by atoms with van der Waals surface area (Å²) in [4.78, 5) is 38.3. The van der Waals surface area contributed by atoms with Gasteiger partial charge < -0.3 is 14.2 Å². The summed E-state index contributed by atoms with van der Waals surface area (Å²) < 4.78 is 16.9. The van der Waals surface area contributed by atoms with Crippen LogP contribution in [0.3, 0.4) is 0 Å². The number of hydrogen-bond donors (Lipinski definition) is 0. The van der Waals surface area contributed by atoms with Gasteiger partial charge in [0, 0.05) is 19.3 Å². The van der Waals surface area contributed by atoms with Crippen LogP contribution in [0.4, 0.5) is 0 Å². The van der Waals surface area contributed by atoms with Crippen molar-refractivity contribution in [1.82, 2.24) is 0 Å². The van der Waals surface area contributed by atoms with Crippen LogP contribution in [-0.2, 0) is 28.6 Å². The molecule has 0 aliphatic rings. The minimum atomic E-state index is -0.824. The molecular weight excluding hydrogens is 973 g/mol. The van der Waals surface area contributed by atoms with Gasteiger partial charge in [0.05, 0.1) is 0 Å². The Morgan fingerprint density at radius 3 is 0.722 bits per heavy atom. The molecule has 1 atom stereocenters. The molecule has 0 bridgehead atoms. The highest BCUT2D eigenvalue weighted by molar-refractivity contribution is 5.71. The van der Waals surface area contributed by atoms with Gasteiger partial charge in [0.25, 0.3) is 0 Å². The second-order valence-electron chi connectivity index (χ2n) is 19.8. The minimum absolute atomic E-state index is 0.116. The second kappa shape index (κ2) is 65.0. The van der Waals surface area contributed by atoms with E-state index in [1.807, 2.05) is 0 Å². The molecule has 0 aliphatic carbocycles. The lowest BCUT2D eigenvalue weighted by atomic mass is 10.1. The molecular formula is C73H112O6. The number of unbranched alkanes of at least 4 members (excludes halogenated alkanes) is 13. The van der Waals surface area contributed by atoms with Gasteiger partial charge in [-0.25, -0.2) is 0 Å². The van der Waals surface area contributed by atoms with E-state index in [4.69, 9.17) is 14.2 Å². The van der Waals surface area contributed by atoms with Crippen LogP contribution in [0.25, 0.3) is 0 Å². The average Bonchev–Trinajstić information content (AvgIpc) is 3.45. The minimum Gasteiger partial charge on any atom is -0.462 e. The normalized spacial score (nSPS) is 13.4. The van der Waals surface area contributed by atoms with Gasteiger partial charge >= 0.3 is 17.9 Å². The quantitative estimate of drug-likeness (QED) is 0.0261. The fourth-order valence-corrected chi connectivity index (χ4v) is 7.81. The molecule has 0 saturated heterocycles. The lowest BCUT2D eigenvalue weighted by Gasteiger charge is -2.18. The largest absolute Gasteiger partial charge is 0.462 e. The molecule has 6 nitrogen and oxygen atoms in total. The number of allylic oxidation sites excluding steroid dienone is 30. The molecule has 6 heteroatoms. The molecule has 0 spiro atoms. The Hall–Kier alpha value is -5.49. The Bertz CT molecular complexity index is 1870. The van der Waals surface area contributed by atoms with Gasteiger partial charge in [-0.3, -0.25) is 14.4 Å². The van der Waals surface area contributed by atoms with E-state index >= 15 is 0 Å². The fraction of sp³-hybridized carbons (Fsp3) is 0.548. The molecule has 1 unspecified atom stereocenters. The van der Waals surface area contributed by atoms with Gasteiger partial charge in [-0.05, 0) is 154 Å². The summed E-state index contributed by atoms with van der Waals surface area (Å²) in [7, 11) is 0. The molecule has 0 amide bonds. The van der Waals surface area contributed by atoms with Crippen molar-refractivity contribution in [3.05, 3.63) is 182 Å². The van der Waals surface area contributed by atoms with Gasteiger partial charge in [-0.15, -0.1) is 0 Å². The number of hydrogen-bond acceptors (Lipinski definition) is 6. The monoisotopic (exact) mass is 1080 g/mol. The first-order valence-electron chi connectivity index (χ1n) is 31.3. The molecule has 0 radical (unpaired) electrons. The Kier molecular flexibility index (Phi) is 60.5. The number of esters is 3. The van der Waals surface area contributed by atoms with Gasteiger partial charge in [-0.2, -0.15) is 0 Å². The summed E-state index contributed by atoms with van der Waals surface area (Å²) in [5, 5.41) is 0. The van der Waals surface area contributed by atoms with Crippen LogP contribution >= 0.6 is 0 Å². The van der Waals surface area contributed by atoms with Crippen molar-refractivity contribution in [3.8, 4) is 0 Å². The van der Waals surface area contributed by atoms with Crippen molar-refractivity contribution in [2.75, 3.05) is 13.2 Å². The summed E-state index contributed by atoms with van der Waals surface area (Å²) in [5.74, 6) is -0.992. The van der Waals surface area contributed by atoms with Crippen LogP contribution in [0.1, 0.15) is 239 Å². The summed E-state index contributed by atoms with van der Waals surface area (Å²) in [6.45, 7) is 6.23. The third kappa shape index (κ3) is 63.2. The molecule has 0 aromatic heterocycles. The summed E-state index contributed by atoms with van der Waals surface area (Å²) in [5.41, 5.74) is 0. The van der Waals surface area contributed by atoms with Crippen molar-refractivity contribution >= 4 is 17.9 Å². The highest BCUT2D eigenvalue weighted by Crippen LogP contribution is 2.13. The maximum absolute atomic E-state index is 12.9. The zero-order valence-corrected chi connectivity index (χ0v) is 50.3. The van der Waals surface area contributed by atoms with E-state index in [2.05, 4.69) is 203 Å². The van der Waals surface area contributed by atoms with Crippen LogP contribution in [0.5, 0.6) is 0 Å². The lowest BCUT2D eigenvalue weighted by Crippen LogP contribution is -2.30. The first kappa shape index (κ1) is 73.5. The standard InChI is InChI=1S/C73H112O6/c1-4-7-10-13-16-19-22-25-28-30-32-33-34-35-36-37-38-39-41-42-45-48-51-54-57-60-63-66-72(75)78-69-70(68-77-71(74)65-62-59-56-53-50-47-44-27-24-21-18-15-12-9-6-3)79-73(76)67-64-61-58-55-52-49-46-43-40-31-29-26-23-20-17-14-11-8-5-2/h7-12,16-21,25-29,32-33,35-36,38-40,42-45,49,52,70H,4-6,13-15,22-24,30-31,34,37,41,46-48,50-51,53-69H2,1-3H3/b10-7-,11-8-,12-9-,19-16-,20-17-,21-18-,28-25-,29-26-,33-32-,36-35-,39-38-,43-40-,44-27-,45-42-,52-49-. The lowest BCUT2D eigenvalue weighted by molar-refractivity contribution is -0.167. The van der Waals surface area contributed by atoms with Gasteiger partial charge in [0.2, 0.25) is 0 Å². The first-order chi connectivity index (χ1) is 39.0. The number of rotatable bonds is 54. The highest BCUT2D eigenvalue weighted by Gasteiger charge is 2.19. The van der Waals surface area contributed by atoms with E-state index in [0.29, 0.717) is 19.3 Å². The van der Waals surface area contributed by atoms with Crippen LogP contribution < -0.4 is 0 Å². The SMILES string of the molecule is CC/C=C\C/C=C\C/C=C\C/C=C\C/C=C\C/C=C\C/C=C\CCCCCCCC(=O)OCC(COC(=O)CCCCCCC/C=C\C/C=C\C/C=C\CC)OC(=O)CCCCC/C=C\C/C=C\C/C=C\C/C=C\C/C=C\CC. The van der Waals surface area contributed by atoms with E-state index in [0.717, 1.165) is 193 Å². The molecule has 0 aliphatic heterocycles. The molecule has 0 saturated carbocycles. The molecule has 0 aromatic carbocycles. The van der Waals surface area contributed by atoms with Crippen LogP contribution in [-0.4, -0.2) is 37.2 Å². The van der Waals surface area contributed by atoms with Crippen LogP contribution in [0.2, 0.25) is 0 Å². The van der Waals surface area contributed by atoms with E-state index in [9.17, 15) is 14.4 Å². The molecule has 79 heavy (non-hydrogen) atoms. The predicted octanol–water partition coefficient (Wildman–Crippen LogP) is 21.7. The molecule has 0 heterocycles. The van der Waals surface area contributed by atoms with Crippen molar-refractivity contribution < 1.29 is 28.6 Å². The Morgan fingerprint density at radius 2 is 0.456 bits per heavy atom. The third-order valence-corrected chi connectivity index (χ3v) is 12.4. The number of carbonyl (C=O) groups excluding carboxylic acids is 3. The number of carbonyl (C=O) groups is 3. The van der Waals surface area contributed by atoms with Gasteiger partial charge in [0.15, 0.2) is 6.10 Å². The fourth-order valence-electron chi connectivity index (χ4n) is 7.81. The maximum atomic E-state index is 12.9. The van der Waals surface area contributed by atoms with Crippen molar-refractivity contribution in [2.45, 2.75) is 245 Å². The average molecular weight is 1090 g/mol. The van der Waals surface area contributed by atoms with E-state index in [1.165, 1.54) is 0 Å². The van der Waals surface area contributed by atoms with Crippen LogP contribution in [0, 0.1) is 0 Å². The maximum Gasteiger partial charge on any atom is 0.306 e. The van der Waals surface area contributed by atoms with Crippen molar-refractivity contribution in [2.24, 2.45) is 0 Å². The summed E-state index contributed by atoms with van der Waals surface area (Å²) in [6.07, 6.45) is 97.4. The van der Waals surface area contributed by atoms with E-state index < -0.39 is 6.10 Å². The summed E-state index contributed by atoms with van der Waals surface area (Å²) >= 11 is 0. The van der Waals surface area contributed by atoms with E-state index in [1.54, 1.807) is 0 Å². The second-order valence-corrected chi connectivity index (χ2v) is 19.8. The third-order valence-electron chi connectivity index (χ3n) is 12.4. The smallest absolute Gasteiger partial charge is 0.306 e. The molecule has 440 valence electrons. The van der Waals surface area contributed by atoms with Gasteiger partial charge in [0.1, 0.15) is 13.2 Å². The van der Waals surface area contributed by atoms with Crippen molar-refractivity contribution in [1.29, 1.82) is 0 Å². The van der Waals surface area contributed by atoms with Gasteiger partial charge in [-0.1, -0.05) is 248 Å². The Morgan fingerprint density at radius 1 is 0.253 bits per heavy atom. The van der Waals surface area contributed by atoms with E-state index in [-0.39, 0.29) is 37.5 Å². The topological polar surface area (TPSA) is 78.9 Å². The predicted molar refractivity (Wildman–Crippen MR) is 343 cm³/mol. The Labute approximate surface area is 484 Å². The summed E-state index contributed by atoms with van der Waals surface area (Å²) in [6, 6.07) is 0. The zero-order valence-electron chi connectivity index (χ0n) is 50.3. The molecule has 0 aromatic rings. The number of ether oxygens (including phenoxy) is 3. The van der Waals surface area contributed by atoms with Crippen molar-refractivity contribution in [3.63, 3.8) is 0 Å². The molecule has 0 rings (SSSR count). The van der Waals surface area contributed by atoms with Crippen LogP contribution in [0.15, 0.2) is 182 Å². The highest BCUT2D eigenvalue weighted by atomic mass is 16.6. The molecule has 0 N–H and O–H groups in total. The Balaban J connectivity index is 4.51. The first-order valence-corrected chi connectivity index (χ1v) is 31.3. The molecule has 0 fully saturated rings.